The first-order chi connectivity index (χ1) is 11.5. The van der Waals surface area contributed by atoms with Gasteiger partial charge in [-0.05, 0) is 32.4 Å². The lowest BCUT2D eigenvalue weighted by molar-refractivity contribution is -0.134. The quantitative estimate of drug-likeness (QED) is 0.830. The molecule has 24 heavy (non-hydrogen) atoms. The smallest absolute Gasteiger partial charge is 0.254 e. The van der Waals surface area contributed by atoms with Gasteiger partial charge in [0.2, 0.25) is 0 Å². The van der Waals surface area contributed by atoms with Crippen LogP contribution >= 0.6 is 0 Å². The van der Waals surface area contributed by atoms with E-state index in [0.29, 0.717) is 32.3 Å². The van der Waals surface area contributed by atoms with Crippen LogP contribution in [-0.4, -0.2) is 73.3 Å². The summed E-state index contributed by atoms with van der Waals surface area (Å²) in [7, 11) is 0. The molecule has 2 aliphatic heterocycles. The number of morpholine rings is 1. The molecule has 0 N–H and O–H groups in total. The summed E-state index contributed by atoms with van der Waals surface area (Å²) < 4.78 is 12.0. The highest BCUT2D eigenvalue weighted by molar-refractivity contribution is 5.95. The van der Waals surface area contributed by atoms with E-state index >= 15 is 0 Å². The second kappa shape index (κ2) is 7.21. The maximum absolute atomic E-state index is 13.0. The highest BCUT2D eigenvalue weighted by Gasteiger charge is 2.42. The first-order valence-electron chi connectivity index (χ1n) is 8.81. The number of rotatable bonds is 2. The number of ether oxygens (including phenoxy) is 2. The van der Waals surface area contributed by atoms with E-state index in [1.165, 1.54) is 0 Å². The molecule has 2 aliphatic rings. The standard InChI is InChI=1S/C19H28N2O3/c1-15(2)20-8-10-23-14-19(12-20)13-21(9-11-24-19)18(22)17-7-5-4-6-16(17)3/h4-7,15H,8-14H2,1-3H3. The summed E-state index contributed by atoms with van der Waals surface area (Å²) in [6.07, 6.45) is 0. The van der Waals surface area contributed by atoms with Crippen molar-refractivity contribution in [3.05, 3.63) is 35.4 Å². The predicted octanol–water partition coefficient (Wildman–Crippen LogP) is 1.95. The molecule has 2 heterocycles. The van der Waals surface area contributed by atoms with Crippen LogP contribution in [0.2, 0.25) is 0 Å². The Morgan fingerprint density at radius 1 is 1.17 bits per heavy atom. The van der Waals surface area contributed by atoms with Crippen molar-refractivity contribution in [3.63, 3.8) is 0 Å². The summed E-state index contributed by atoms with van der Waals surface area (Å²) in [6, 6.07) is 8.22. The lowest BCUT2D eigenvalue weighted by Crippen LogP contribution is -2.60. The zero-order chi connectivity index (χ0) is 17.2. The Labute approximate surface area is 144 Å². The molecule has 1 atom stereocenters. The van der Waals surface area contributed by atoms with Crippen molar-refractivity contribution >= 4 is 5.91 Å². The van der Waals surface area contributed by atoms with Gasteiger partial charge < -0.3 is 14.4 Å². The Morgan fingerprint density at radius 3 is 2.71 bits per heavy atom. The van der Waals surface area contributed by atoms with Gasteiger partial charge in [-0.3, -0.25) is 9.69 Å². The van der Waals surface area contributed by atoms with Gasteiger partial charge in [-0.25, -0.2) is 0 Å². The Morgan fingerprint density at radius 2 is 1.96 bits per heavy atom. The van der Waals surface area contributed by atoms with E-state index in [2.05, 4.69) is 18.7 Å². The molecular formula is C19H28N2O3. The third-order valence-corrected chi connectivity index (χ3v) is 5.02. The van der Waals surface area contributed by atoms with Crippen LogP contribution in [0, 0.1) is 6.92 Å². The lowest BCUT2D eigenvalue weighted by Gasteiger charge is -2.44. The predicted molar refractivity (Wildman–Crippen MR) is 93.3 cm³/mol. The van der Waals surface area contributed by atoms with E-state index < -0.39 is 5.60 Å². The van der Waals surface area contributed by atoms with Crippen molar-refractivity contribution in [3.8, 4) is 0 Å². The third kappa shape index (κ3) is 3.63. The number of amides is 1. The van der Waals surface area contributed by atoms with Gasteiger partial charge in [0.05, 0.1) is 26.4 Å². The molecular weight excluding hydrogens is 304 g/mol. The summed E-state index contributed by atoms with van der Waals surface area (Å²) in [6.45, 7) is 11.1. The second-order valence-electron chi connectivity index (χ2n) is 7.19. The first-order valence-corrected chi connectivity index (χ1v) is 8.81. The monoisotopic (exact) mass is 332 g/mol. The molecule has 0 bridgehead atoms. The Kier molecular flexibility index (Phi) is 5.23. The van der Waals surface area contributed by atoms with E-state index in [4.69, 9.17) is 9.47 Å². The molecule has 132 valence electrons. The SMILES string of the molecule is Cc1ccccc1C(=O)N1CCOC2(COCCN(C(C)C)C2)C1. The molecule has 5 nitrogen and oxygen atoms in total. The normalized spacial score (nSPS) is 25.9. The highest BCUT2D eigenvalue weighted by Crippen LogP contribution is 2.25. The third-order valence-electron chi connectivity index (χ3n) is 5.02. The Hall–Kier alpha value is -1.43. The van der Waals surface area contributed by atoms with Gasteiger partial charge in [-0.2, -0.15) is 0 Å². The number of benzene rings is 1. The number of hydrogen-bond donors (Lipinski definition) is 0. The first kappa shape index (κ1) is 17.4. The van der Waals surface area contributed by atoms with Crippen molar-refractivity contribution in [2.24, 2.45) is 0 Å². The van der Waals surface area contributed by atoms with E-state index in [1.807, 2.05) is 36.1 Å². The molecule has 1 aromatic carbocycles. The molecule has 0 aromatic heterocycles. The molecule has 2 saturated heterocycles. The summed E-state index contributed by atoms with van der Waals surface area (Å²) in [4.78, 5) is 17.3. The van der Waals surface area contributed by atoms with Gasteiger partial charge in [0, 0.05) is 31.2 Å². The minimum absolute atomic E-state index is 0.0936. The fourth-order valence-electron chi connectivity index (χ4n) is 3.56. The fraction of sp³-hybridized carbons (Fsp3) is 0.632. The zero-order valence-electron chi connectivity index (χ0n) is 15.0. The number of aryl methyl sites for hydroxylation is 1. The molecule has 0 saturated carbocycles. The van der Waals surface area contributed by atoms with Gasteiger partial charge in [0.25, 0.3) is 5.91 Å². The van der Waals surface area contributed by atoms with Crippen LogP contribution in [0.1, 0.15) is 29.8 Å². The van der Waals surface area contributed by atoms with Crippen LogP contribution in [0.3, 0.4) is 0 Å². The van der Waals surface area contributed by atoms with E-state index in [9.17, 15) is 4.79 Å². The summed E-state index contributed by atoms with van der Waals surface area (Å²) in [5.41, 5.74) is 1.38. The topological polar surface area (TPSA) is 42.0 Å². The van der Waals surface area contributed by atoms with Crippen LogP contribution in [0.15, 0.2) is 24.3 Å². The second-order valence-corrected chi connectivity index (χ2v) is 7.19. The molecule has 1 spiro atoms. The van der Waals surface area contributed by atoms with Crippen molar-refractivity contribution in [2.45, 2.75) is 32.4 Å². The fourth-order valence-corrected chi connectivity index (χ4v) is 3.56. The molecule has 1 aromatic rings. The van der Waals surface area contributed by atoms with E-state index in [-0.39, 0.29) is 5.91 Å². The zero-order valence-corrected chi connectivity index (χ0v) is 15.0. The number of hydrogen-bond acceptors (Lipinski definition) is 4. The van der Waals surface area contributed by atoms with Gasteiger partial charge in [0.15, 0.2) is 0 Å². The maximum Gasteiger partial charge on any atom is 0.254 e. The molecule has 0 aliphatic carbocycles. The average molecular weight is 332 g/mol. The molecule has 1 amide bonds. The van der Waals surface area contributed by atoms with Crippen molar-refractivity contribution in [1.29, 1.82) is 0 Å². The van der Waals surface area contributed by atoms with Gasteiger partial charge in [0.1, 0.15) is 5.60 Å². The average Bonchev–Trinajstić information content (AvgIpc) is 2.77. The number of nitrogens with zero attached hydrogens (tertiary/aromatic N) is 2. The summed E-state index contributed by atoms with van der Waals surface area (Å²) in [5.74, 6) is 0.0936. The minimum atomic E-state index is -0.419. The molecule has 0 radical (unpaired) electrons. The van der Waals surface area contributed by atoms with Crippen LogP contribution in [0.5, 0.6) is 0 Å². The number of carbonyl (C=O) groups is 1. The van der Waals surface area contributed by atoms with Crippen molar-refractivity contribution in [2.75, 3.05) is 46.0 Å². The van der Waals surface area contributed by atoms with E-state index in [0.717, 1.165) is 30.8 Å². The van der Waals surface area contributed by atoms with Crippen molar-refractivity contribution < 1.29 is 14.3 Å². The highest BCUT2D eigenvalue weighted by atomic mass is 16.5. The maximum atomic E-state index is 13.0. The van der Waals surface area contributed by atoms with Crippen LogP contribution < -0.4 is 0 Å². The number of carbonyl (C=O) groups excluding carboxylic acids is 1. The lowest BCUT2D eigenvalue weighted by atomic mass is 9.99. The van der Waals surface area contributed by atoms with Crippen LogP contribution in [0.4, 0.5) is 0 Å². The van der Waals surface area contributed by atoms with Crippen LogP contribution in [-0.2, 0) is 9.47 Å². The minimum Gasteiger partial charge on any atom is -0.377 e. The summed E-state index contributed by atoms with van der Waals surface area (Å²) in [5, 5.41) is 0. The Bertz CT molecular complexity index is 590. The van der Waals surface area contributed by atoms with Crippen LogP contribution in [0.25, 0.3) is 0 Å². The molecule has 5 heteroatoms. The summed E-state index contributed by atoms with van der Waals surface area (Å²) >= 11 is 0. The van der Waals surface area contributed by atoms with Gasteiger partial charge in [-0.1, -0.05) is 18.2 Å². The molecule has 2 fully saturated rings. The molecule has 1 unspecified atom stereocenters. The largest absolute Gasteiger partial charge is 0.377 e. The Balaban J connectivity index is 1.78. The molecule has 3 rings (SSSR count). The van der Waals surface area contributed by atoms with E-state index in [1.54, 1.807) is 0 Å². The van der Waals surface area contributed by atoms with Gasteiger partial charge in [-0.15, -0.1) is 0 Å². The van der Waals surface area contributed by atoms with Gasteiger partial charge >= 0.3 is 0 Å². The van der Waals surface area contributed by atoms with Crippen molar-refractivity contribution in [1.82, 2.24) is 9.80 Å².